The second kappa shape index (κ2) is 6.83. The van der Waals surface area contributed by atoms with E-state index in [-0.39, 0.29) is 17.0 Å². The normalized spacial score (nSPS) is 22.6. The highest BCUT2D eigenvalue weighted by molar-refractivity contribution is 5.88. The van der Waals surface area contributed by atoms with Crippen LogP contribution in [0, 0.1) is 0 Å². The summed E-state index contributed by atoms with van der Waals surface area (Å²) in [5, 5.41) is 3.67. The zero-order chi connectivity index (χ0) is 18.1. The lowest BCUT2D eigenvalue weighted by atomic mass is 9.79. The molecule has 1 aromatic rings. The van der Waals surface area contributed by atoms with Gasteiger partial charge in [-0.1, -0.05) is 23.8 Å². The third kappa shape index (κ3) is 4.63. The van der Waals surface area contributed by atoms with Crippen molar-refractivity contribution < 1.29 is 4.79 Å². The minimum Gasteiger partial charge on any atom is -0.368 e. The quantitative estimate of drug-likeness (QED) is 0.839. The molecule has 0 spiro atoms. The van der Waals surface area contributed by atoms with Crippen molar-refractivity contribution in [2.24, 2.45) is 0 Å². The van der Waals surface area contributed by atoms with Gasteiger partial charge in [-0.15, -0.1) is 0 Å². The Labute approximate surface area is 151 Å². The van der Waals surface area contributed by atoms with E-state index in [1.807, 2.05) is 17.0 Å². The van der Waals surface area contributed by atoms with Crippen molar-refractivity contribution in [3.05, 3.63) is 42.0 Å². The van der Waals surface area contributed by atoms with Crippen LogP contribution in [0.4, 0.5) is 5.69 Å². The van der Waals surface area contributed by atoms with E-state index in [1.165, 1.54) is 11.3 Å². The first-order chi connectivity index (χ1) is 11.7. The van der Waals surface area contributed by atoms with Gasteiger partial charge in [0.25, 0.3) is 0 Å². The van der Waals surface area contributed by atoms with Crippen molar-refractivity contribution in [3.63, 3.8) is 0 Å². The maximum atomic E-state index is 12.7. The molecule has 4 nitrogen and oxygen atoms in total. The second-order valence-electron chi connectivity index (χ2n) is 8.70. The molecule has 0 atom stereocenters. The molecule has 2 heterocycles. The number of piperazine rings is 1. The van der Waals surface area contributed by atoms with E-state index >= 15 is 0 Å². The first-order valence-electron chi connectivity index (χ1n) is 9.32. The van der Waals surface area contributed by atoms with Crippen molar-refractivity contribution in [3.8, 4) is 0 Å². The summed E-state index contributed by atoms with van der Waals surface area (Å²) in [6.07, 6.45) is 3.78. The third-order valence-corrected chi connectivity index (χ3v) is 5.06. The number of hydrogen-bond donors (Lipinski definition) is 1. The monoisotopic (exact) mass is 341 g/mol. The molecule has 1 aromatic carbocycles. The number of anilines is 1. The average molecular weight is 341 g/mol. The highest BCUT2D eigenvalue weighted by atomic mass is 16.2. The highest BCUT2D eigenvalue weighted by Crippen LogP contribution is 2.32. The molecule has 3 rings (SSSR count). The molecule has 2 aliphatic rings. The van der Waals surface area contributed by atoms with Gasteiger partial charge in [0.1, 0.15) is 0 Å². The number of hydrogen-bond acceptors (Lipinski definition) is 3. The highest BCUT2D eigenvalue weighted by Gasteiger charge is 2.35. The fourth-order valence-corrected chi connectivity index (χ4v) is 4.39. The maximum absolute atomic E-state index is 12.7. The van der Waals surface area contributed by atoms with Crippen molar-refractivity contribution in [1.82, 2.24) is 10.2 Å². The second-order valence-corrected chi connectivity index (χ2v) is 8.70. The van der Waals surface area contributed by atoms with Crippen LogP contribution in [-0.2, 0) is 4.79 Å². The van der Waals surface area contributed by atoms with Gasteiger partial charge in [0, 0.05) is 49.0 Å². The largest absolute Gasteiger partial charge is 0.368 e. The lowest BCUT2D eigenvalue weighted by molar-refractivity contribution is -0.126. The zero-order valence-electron chi connectivity index (χ0n) is 16.0. The number of rotatable bonds is 2. The molecule has 25 heavy (non-hydrogen) atoms. The molecule has 1 N–H and O–H groups in total. The van der Waals surface area contributed by atoms with Crippen molar-refractivity contribution in [2.45, 2.75) is 51.6 Å². The molecule has 2 aliphatic heterocycles. The van der Waals surface area contributed by atoms with Crippen LogP contribution >= 0.6 is 0 Å². The Kier molecular flexibility index (Phi) is 4.92. The van der Waals surface area contributed by atoms with Crippen LogP contribution in [0.5, 0.6) is 0 Å². The lowest BCUT2D eigenvalue weighted by Crippen LogP contribution is -2.56. The van der Waals surface area contributed by atoms with Gasteiger partial charge in [0.15, 0.2) is 0 Å². The van der Waals surface area contributed by atoms with Gasteiger partial charge in [0.2, 0.25) is 5.91 Å². The molecule has 0 unspecified atom stereocenters. The molecule has 136 valence electrons. The summed E-state index contributed by atoms with van der Waals surface area (Å²) in [5.41, 5.74) is 2.60. The van der Waals surface area contributed by atoms with Gasteiger partial charge in [-0.2, -0.15) is 0 Å². The summed E-state index contributed by atoms with van der Waals surface area (Å²) in [5.74, 6) is 0.177. The van der Waals surface area contributed by atoms with E-state index < -0.39 is 0 Å². The van der Waals surface area contributed by atoms with Gasteiger partial charge >= 0.3 is 0 Å². The molecule has 0 aliphatic carbocycles. The Hall–Kier alpha value is -1.81. The Morgan fingerprint density at radius 3 is 2.08 bits per heavy atom. The SMILES string of the molecule is CC1(C)CC(=CC(=O)N2CCN(c3ccccc3)CC2)CC(C)(C)N1. The first kappa shape index (κ1) is 18.0. The number of benzene rings is 1. The summed E-state index contributed by atoms with van der Waals surface area (Å²) in [4.78, 5) is 17.1. The third-order valence-electron chi connectivity index (χ3n) is 5.06. The first-order valence-corrected chi connectivity index (χ1v) is 9.32. The molecule has 2 fully saturated rings. The summed E-state index contributed by atoms with van der Waals surface area (Å²) in [7, 11) is 0. The van der Waals surface area contributed by atoms with Crippen LogP contribution in [-0.4, -0.2) is 48.1 Å². The summed E-state index contributed by atoms with van der Waals surface area (Å²) < 4.78 is 0. The van der Waals surface area contributed by atoms with Crippen molar-refractivity contribution >= 4 is 11.6 Å². The number of piperidine rings is 1. The lowest BCUT2D eigenvalue weighted by Gasteiger charge is -2.44. The van der Waals surface area contributed by atoms with Crippen LogP contribution in [0.1, 0.15) is 40.5 Å². The number of amides is 1. The molecule has 0 aromatic heterocycles. The van der Waals surface area contributed by atoms with E-state index in [0.717, 1.165) is 39.0 Å². The molecule has 0 radical (unpaired) electrons. The molecular formula is C21H31N3O. The number of para-hydroxylation sites is 1. The number of nitrogens with one attached hydrogen (secondary N) is 1. The maximum Gasteiger partial charge on any atom is 0.246 e. The summed E-state index contributed by atoms with van der Waals surface area (Å²) >= 11 is 0. The molecular weight excluding hydrogens is 310 g/mol. The Morgan fingerprint density at radius 1 is 0.960 bits per heavy atom. The van der Waals surface area contributed by atoms with Crippen LogP contribution < -0.4 is 10.2 Å². The van der Waals surface area contributed by atoms with Gasteiger partial charge < -0.3 is 15.1 Å². The Morgan fingerprint density at radius 2 is 1.52 bits per heavy atom. The number of carbonyl (C=O) groups is 1. The zero-order valence-corrected chi connectivity index (χ0v) is 16.0. The molecule has 2 saturated heterocycles. The molecule has 0 saturated carbocycles. The molecule has 0 bridgehead atoms. The Balaban J connectivity index is 1.61. The predicted octanol–water partition coefficient (Wildman–Crippen LogP) is 3.20. The van der Waals surface area contributed by atoms with Gasteiger partial charge in [-0.25, -0.2) is 0 Å². The van der Waals surface area contributed by atoms with Crippen LogP contribution in [0.2, 0.25) is 0 Å². The number of carbonyl (C=O) groups excluding carboxylic acids is 1. The smallest absolute Gasteiger partial charge is 0.246 e. The predicted molar refractivity (Wildman–Crippen MR) is 104 cm³/mol. The number of nitrogens with zero attached hydrogens (tertiary/aromatic N) is 2. The van der Waals surface area contributed by atoms with E-state index in [1.54, 1.807) is 0 Å². The van der Waals surface area contributed by atoms with Crippen LogP contribution in [0.3, 0.4) is 0 Å². The van der Waals surface area contributed by atoms with Gasteiger partial charge in [-0.3, -0.25) is 4.79 Å². The van der Waals surface area contributed by atoms with E-state index in [9.17, 15) is 4.79 Å². The van der Waals surface area contributed by atoms with E-state index in [0.29, 0.717) is 0 Å². The Bertz CT molecular complexity index is 622. The standard InChI is InChI=1S/C21H31N3O/c1-20(2)15-17(16-21(3,4)22-20)14-19(25)24-12-10-23(11-13-24)18-8-6-5-7-9-18/h5-9,14,22H,10-13,15-16H2,1-4H3. The minimum absolute atomic E-state index is 0.0415. The van der Waals surface area contributed by atoms with Crippen LogP contribution in [0.15, 0.2) is 42.0 Å². The molecule has 4 heteroatoms. The topological polar surface area (TPSA) is 35.6 Å². The summed E-state index contributed by atoms with van der Waals surface area (Å²) in [6, 6.07) is 10.4. The van der Waals surface area contributed by atoms with Crippen LogP contribution in [0.25, 0.3) is 0 Å². The average Bonchev–Trinajstić information content (AvgIpc) is 2.53. The fourth-order valence-electron chi connectivity index (χ4n) is 4.39. The van der Waals surface area contributed by atoms with Crippen molar-refractivity contribution in [1.29, 1.82) is 0 Å². The van der Waals surface area contributed by atoms with E-state index in [2.05, 4.69) is 62.2 Å². The van der Waals surface area contributed by atoms with Crippen molar-refractivity contribution in [2.75, 3.05) is 31.1 Å². The van der Waals surface area contributed by atoms with E-state index in [4.69, 9.17) is 0 Å². The fraction of sp³-hybridized carbons (Fsp3) is 0.571. The minimum atomic E-state index is 0.0415. The summed E-state index contributed by atoms with van der Waals surface area (Å²) in [6.45, 7) is 12.2. The van der Waals surface area contributed by atoms with Gasteiger partial charge in [0.05, 0.1) is 0 Å². The van der Waals surface area contributed by atoms with Gasteiger partial charge in [-0.05, 0) is 52.7 Å². The molecule has 1 amide bonds.